The van der Waals surface area contributed by atoms with Gasteiger partial charge in [0, 0.05) is 33.2 Å². The van der Waals surface area contributed by atoms with Crippen molar-refractivity contribution in [1.82, 2.24) is 15.1 Å². The molecule has 158 valence electrons. The largest absolute Gasteiger partial charge is 0.497 e. The summed E-state index contributed by atoms with van der Waals surface area (Å²) in [5.74, 6) is 2.72. The van der Waals surface area contributed by atoms with Gasteiger partial charge in [0.05, 0.1) is 19.9 Å². The number of hydrogen-bond donors (Lipinski definition) is 1. The van der Waals surface area contributed by atoms with Crippen molar-refractivity contribution < 1.29 is 18.7 Å². The van der Waals surface area contributed by atoms with Crippen LogP contribution in [0.2, 0.25) is 0 Å². The predicted octanol–water partition coefficient (Wildman–Crippen LogP) is 2.32. The van der Waals surface area contributed by atoms with Crippen LogP contribution in [0, 0.1) is 0 Å². The molecule has 1 aliphatic rings. The fraction of sp³-hybridized carbons (Fsp3) is 0.400. The van der Waals surface area contributed by atoms with Gasteiger partial charge in [-0.25, -0.2) is 0 Å². The van der Waals surface area contributed by atoms with E-state index in [-0.39, 0.29) is 29.9 Å². The van der Waals surface area contributed by atoms with Crippen molar-refractivity contribution in [2.24, 2.45) is 4.99 Å². The van der Waals surface area contributed by atoms with Crippen molar-refractivity contribution in [2.45, 2.75) is 0 Å². The van der Waals surface area contributed by atoms with Crippen LogP contribution in [0.5, 0.6) is 11.5 Å². The molecule has 29 heavy (non-hydrogen) atoms. The average molecular weight is 514 g/mol. The fourth-order valence-electron chi connectivity index (χ4n) is 3.01. The normalized spacial score (nSPS) is 14.2. The highest BCUT2D eigenvalue weighted by atomic mass is 127. The van der Waals surface area contributed by atoms with Crippen molar-refractivity contribution in [1.29, 1.82) is 0 Å². The van der Waals surface area contributed by atoms with E-state index in [2.05, 4.69) is 15.2 Å². The molecule has 0 radical (unpaired) electrons. The Labute approximate surface area is 187 Å². The molecule has 9 heteroatoms. The molecule has 0 bridgehead atoms. The zero-order valence-corrected chi connectivity index (χ0v) is 19.0. The van der Waals surface area contributed by atoms with Crippen LogP contribution >= 0.6 is 24.0 Å². The minimum Gasteiger partial charge on any atom is -0.497 e. The fourth-order valence-corrected chi connectivity index (χ4v) is 3.01. The number of piperazine rings is 1. The van der Waals surface area contributed by atoms with Crippen molar-refractivity contribution in [3.05, 3.63) is 48.4 Å². The van der Waals surface area contributed by atoms with Gasteiger partial charge in [-0.2, -0.15) is 0 Å². The Balaban J connectivity index is 0.00000300. The third-order valence-electron chi connectivity index (χ3n) is 4.52. The molecular formula is C20H27IN4O4. The Kier molecular flexibility index (Phi) is 9.10. The van der Waals surface area contributed by atoms with E-state index in [9.17, 15) is 4.79 Å². The van der Waals surface area contributed by atoms with Gasteiger partial charge in [0.1, 0.15) is 18.1 Å². The first-order chi connectivity index (χ1) is 13.7. The summed E-state index contributed by atoms with van der Waals surface area (Å²) >= 11 is 0. The molecule has 2 aromatic rings. The van der Waals surface area contributed by atoms with Crippen LogP contribution in [0.1, 0.15) is 10.6 Å². The highest BCUT2D eigenvalue weighted by Gasteiger charge is 2.25. The Bertz CT molecular complexity index is 772. The Morgan fingerprint density at radius 3 is 2.34 bits per heavy atom. The summed E-state index contributed by atoms with van der Waals surface area (Å²) in [7, 11) is 3.39. The maximum Gasteiger partial charge on any atom is 0.289 e. The van der Waals surface area contributed by atoms with E-state index in [1.807, 2.05) is 24.3 Å². The smallest absolute Gasteiger partial charge is 0.289 e. The number of nitrogens with one attached hydrogen (secondary N) is 1. The number of amides is 1. The Morgan fingerprint density at radius 2 is 1.76 bits per heavy atom. The van der Waals surface area contributed by atoms with Crippen molar-refractivity contribution in [3.63, 3.8) is 0 Å². The quantitative estimate of drug-likeness (QED) is 0.276. The van der Waals surface area contributed by atoms with E-state index in [0.717, 1.165) is 17.5 Å². The summed E-state index contributed by atoms with van der Waals surface area (Å²) in [6.45, 7) is 3.83. The van der Waals surface area contributed by atoms with Crippen molar-refractivity contribution >= 4 is 35.8 Å². The number of carbonyl (C=O) groups excluding carboxylic acids is 1. The SMILES string of the molecule is CN=C(NCCOc1ccc(OC)cc1)N1CCN(C(=O)c2ccco2)CC1.I. The highest BCUT2D eigenvalue weighted by Crippen LogP contribution is 2.16. The van der Waals surface area contributed by atoms with Gasteiger partial charge in [-0.1, -0.05) is 0 Å². The van der Waals surface area contributed by atoms with Gasteiger partial charge in [0.2, 0.25) is 0 Å². The number of benzene rings is 1. The number of hydrogen-bond acceptors (Lipinski definition) is 5. The van der Waals surface area contributed by atoms with E-state index < -0.39 is 0 Å². The Hall–Kier alpha value is -2.43. The first kappa shape index (κ1) is 22.9. The summed E-state index contributed by atoms with van der Waals surface area (Å²) in [6.07, 6.45) is 1.52. The molecule has 1 aliphatic heterocycles. The number of carbonyl (C=O) groups is 1. The molecular weight excluding hydrogens is 487 g/mol. The molecule has 0 aliphatic carbocycles. The van der Waals surface area contributed by atoms with Crippen LogP contribution in [0.15, 0.2) is 52.1 Å². The molecule has 1 N–H and O–H groups in total. The molecule has 1 amide bonds. The third kappa shape index (κ3) is 6.28. The van der Waals surface area contributed by atoms with Gasteiger partial charge < -0.3 is 29.0 Å². The van der Waals surface area contributed by atoms with Crippen LogP contribution in [-0.2, 0) is 0 Å². The lowest BCUT2D eigenvalue weighted by molar-refractivity contribution is 0.0657. The number of nitrogens with zero attached hydrogens (tertiary/aromatic N) is 3. The first-order valence-corrected chi connectivity index (χ1v) is 9.26. The minimum absolute atomic E-state index is 0. The number of furan rings is 1. The molecule has 1 saturated heterocycles. The van der Waals surface area contributed by atoms with Gasteiger partial charge in [-0.05, 0) is 36.4 Å². The molecule has 0 atom stereocenters. The lowest BCUT2D eigenvalue weighted by Gasteiger charge is -2.36. The Morgan fingerprint density at radius 1 is 1.10 bits per heavy atom. The number of guanidine groups is 1. The van der Waals surface area contributed by atoms with Gasteiger partial charge >= 0.3 is 0 Å². The number of methoxy groups -OCH3 is 1. The van der Waals surface area contributed by atoms with Crippen LogP contribution in [0.3, 0.4) is 0 Å². The molecule has 1 fully saturated rings. The lowest BCUT2D eigenvalue weighted by Crippen LogP contribution is -2.54. The summed E-state index contributed by atoms with van der Waals surface area (Å²) in [5, 5.41) is 3.31. The maximum absolute atomic E-state index is 12.3. The summed E-state index contributed by atoms with van der Waals surface area (Å²) in [5.41, 5.74) is 0. The van der Waals surface area contributed by atoms with E-state index in [0.29, 0.717) is 45.1 Å². The van der Waals surface area contributed by atoms with Gasteiger partial charge in [0.15, 0.2) is 11.7 Å². The lowest BCUT2D eigenvalue weighted by atomic mass is 10.3. The second-order valence-electron chi connectivity index (χ2n) is 6.25. The van der Waals surface area contributed by atoms with Crippen molar-refractivity contribution in [2.75, 3.05) is 53.5 Å². The number of ether oxygens (including phenoxy) is 2. The van der Waals surface area contributed by atoms with E-state index in [1.165, 1.54) is 6.26 Å². The molecule has 1 aromatic heterocycles. The zero-order valence-electron chi connectivity index (χ0n) is 16.7. The minimum atomic E-state index is -0.0690. The topological polar surface area (TPSA) is 79.5 Å². The predicted molar refractivity (Wildman–Crippen MR) is 121 cm³/mol. The van der Waals surface area contributed by atoms with E-state index >= 15 is 0 Å². The molecule has 8 nitrogen and oxygen atoms in total. The molecule has 0 unspecified atom stereocenters. The highest BCUT2D eigenvalue weighted by molar-refractivity contribution is 14.0. The summed E-state index contributed by atoms with van der Waals surface area (Å²) < 4.78 is 16.1. The van der Waals surface area contributed by atoms with Crippen LogP contribution in [0.25, 0.3) is 0 Å². The molecule has 0 saturated carbocycles. The van der Waals surface area contributed by atoms with Crippen LogP contribution < -0.4 is 14.8 Å². The maximum atomic E-state index is 12.3. The summed E-state index contributed by atoms with van der Waals surface area (Å²) in [4.78, 5) is 20.6. The van der Waals surface area contributed by atoms with Gasteiger partial charge in [0.25, 0.3) is 5.91 Å². The summed E-state index contributed by atoms with van der Waals surface area (Å²) in [6, 6.07) is 10.9. The number of halogens is 1. The van der Waals surface area contributed by atoms with Crippen LogP contribution in [0.4, 0.5) is 0 Å². The second-order valence-corrected chi connectivity index (χ2v) is 6.25. The average Bonchev–Trinajstić information content (AvgIpc) is 3.29. The van der Waals surface area contributed by atoms with E-state index in [4.69, 9.17) is 13.9 Å². The molecule has 1 aromatic carbocycles. The molecule has 3 rings (SSSR count). The zero-order chi connectivity index (χ0) is 19.8. The van der Waals surface area contributed by atoms with Gasteiger partial charge in [-0.3, -0.25) is 9.79 Å². The standard InChI is InChI=1S/C20H26N4O4.HI/c1-21-20(22-9-15-27-17-7-5-16(26-2)6-8-17)24-12-10-23(11-13-24)19(25)18-4-3-14-28-18;/h3-8,14H,9-13,15H2,1-2H3,(H,21,22);1H. The first-order valence-electron chi connectivity index (χ1n) is 9.26. The molecule has 2 heterocycles. The second kappa shape index (κ2) is 11.5. The monoisotopic (exact) mass is 514 g/mol. The number of rotatable bonds is 6. The van der Waals surface area contributed by atoms with Crippen molar-refractivity contribution in [3.8, 4) is 11.5 Å². The van der Waals surface area contributed by atoms with Gasteiger partial charge in [-0.15, -0.1) is 24.0 Å². The number of aliphatic imine (C=N–C) groups is 1. The molecule has 0 spiro atoms. The van der Waals surface area contributed by atoms with Crippen LogP contribution in [-0.4, -0.2) is 75.2 Å². The van der Waals surface area contributed by atoms with E-state index in [1.54, 1.807) is 31.2 Å². The third-order valence-corrected chi connectivity index (χ3v) is 4.52.